The van der Waals surface area contributed by atoms with Gasteiger partial charge in [-0.3, -0.25) is 19.4 Å². The molecular weight excluding hydrogens is 388 g/mol. The first-order valence-corrected chi connectivity index (χ1v) is 11.1. The lowest BCUT2D eigenvalue weighted by atomic mass is 10.1. The van der Waals surface area contributed by atoms with E-state index in [0.717, 1.165) is 43.1 Å². The van der Waals surface area contributed by atoms with Gasteiger partial charge in [-0.1, -0.05) is 30.3 Å². The normalized spacial score (nSPS) is 16.0. The van der Waals surface area contributed by atoms with Crippen molar-refractivity contribution in [2.75, 3.05) is 49.5 Å². The lowest BCUT2D eigenvalue weighted by Crippen LogP contribution is -2.55. The smallest absolute Gasteiger partial charge is 0.244 e. The minimum Gasteiger partial charge on any atom is -0.325 e. The molecule has 0 radical (unpaired) electrons. The van der Waals surface area contributed by atoms with E-state index in [1.54, 1.807) is 0 Å². The maximum atomic E-state index is 13.1. The van der Waals surface area contributed by atoms with Gasteiger partial charge in [0.2, 0.25) is 11.8 Å². The van der Waals surface area contributed by atoms with E-state index in [0.29, 0.717) is 13.1 Å². The molecule has 1 saturated heterocycles. The van der Waals surface area contributed by atoms with Crippen LogP contribution >= 0.6 is 0 Å². The molecule has 2 aromatic carbocycles. The molecule has 1 heterocycles. The predicted octanol–water partition coefficient (Wildman–Crippen LogP) is 3.30. The highest BCUT2D eigenvalue weighted by molar-refractivity contribution is 5.97. The SMILES string of the molecule is CCN(C(=O)[C@H](C)N1CCN(CC(=O)Nc2cccc(C)c2C)CC1)c1ccccc1. The third-order valence-corrected chi connectivity index (χ3v) is 6.21. The molecule has 1 aliphatic heterocycles. The lowest BCUT2D eigenvalue weighted by molar-refractivity contribution is -0.124. The van der Waals surface area contributed by atoms with Crippen LogP contribution in [0.3, 0.4) is 0 Å². The third kappa shape index (κ3) is 5.71. The zero-order valence-corrected chi connectivity index (χ0v) is 19.1. The number of hydrogen-bond donors (Lipinski definition) is 1. The Bertz CT molecular complexity index is 892. The molecule has 0 aromatic heterocycles. The van der Waals surface area contributed by atoms with Crippen LogP contribution in [0.5, 0.6) is 0 Å². The van der Waals surface area contributed by atoms with Crippen molar-refractivity contribution >= 4 is 23.2 Å². The average Bonchev–Trinajstić information content (AvgIpc) is 2.78. The molecule has 0 spiro atoms. The Balaban J connectivity index is 1.51. The van der Waals surface area contributed by atoms with Crippen molar-refractivity contribution in [3.05, 3.63) is 59.7 Å². The van der Waals surface area contributed by atoms with Crippen molar-refractivity contribution in [2.45, 2.75) is 33.7 Å². The van der Waals surface area contributed by atoms with Gasteiger partial charge in [-0.15, -0.1) is 0 Å². The maximum absolute atomic E-state index is 13.1. The highest BCUT2D eigenvalue weighted by Gasteiger charge is 2.29. The van der Waals surface area contributed by atoms with Gasteiger partial charge in [-0.05, 0) is 57.0 Å². The molecule has 6 heteroatoms. The van der Waals surface area contributed by atoms with E-state index < -0.39 is 0 Å². The number of aryl methyl sites for hydroxylation is 1. The molecule has 1 fully saturated rings. The number of hydrogen-bond acceptors (Lipinski definition) is 4. The van der Waals surface area contributed by atoms with E-state index in [-0.39, 0.29) is 17.9 Å². The molecule has 2 amide bonds. The largest absolute Gasteiger partial charge is 0.325 e. The van der Waals surface area contributed by atoms with E-state index in [9.17, 15) is 9.59 Å². The monoisotopic (exact) mass is 422 g/mol. The highest BCUT2D eigenvalue weighted by atomic mass is 16.2. The number of piperazine rings is 1. The molecule has 1 atom stereocenters. The Morgan fingerprint density at radius 1 is 1.00 bits per heavy atom. The number of likely N-dealkylation sites (N-methyl/N-ethyl adjacent to an activating group) is 1. The van der Waals surface area contributed by atoms with E-state index in [4.69, 9.17) is 0 Å². The zero-order chi connectivity index (χ0) is 22.4. The summed E-state index contributed by atoms with van der Waals surface area (Å²) in [5, 5.41) is 3.04. The number of nitrogens with one attached hydrogen (secondary N) is 1. The topological polar surface area (TPSA) is 55.9 Å². The molecule has 0 unspecified atom stereocenters. The van der Waals surface area contributed by atoms with E-state index >= 15 is 0 Å². The number of amides is 2. The lowest BCUT2D eigenvalue weighted by Gasteiger charge is -2.38. The summed E-state index contributed by atoms with van der Waals surface area (Å²) in [6.07, 6.45) is 0. The molecule has 0 bridgehead atoms. The van der Waals surface area contributed by atoms with E-state index in [2.05, 4.69) is 15.1 Å². The quantitative estimate of drug-likeness (QED) is 0.744. The summed E-state index contributed by atoms with van der Waals surface area (Å²) in [5.41, 5.74) is 4.08. The molecule has 1 N–H and O–H groups in total. The fourth-order valence-corrected chi connectivity index (χ4v) is 4.04. The van der Waals surface area contributed by atoms with Gasteiger partial charge in [-0.25, -0.2) is 0 Å². The molecule has 31 heavy (non-hydrogen) atoms. The van der Waals surface area contributed by atoms with Crippen LogP contribution < -0.4 is 10.2 Å². The molecule has 0 aliphatic carbocycles. The summed E-state index contributed by atoms with van der Waals surface area (Å²) in [4.78, 5) is 31.8. The Morgan fingerprint density at radius 2 is 1.68 bits per heavy atom. The Hall–Kier alpha value is -2.70. The molecule has 3 rings (SSSR count). The molecule has 6 nitrogen and oxygen atoms in total. The second-order valence-corrected chi connectivity index (χ2v) is 8.20. The molecule has 0 saturated carbocycles. The van der Waals surface area contributed by atoms with Gasteiger partial charge in [0, 0.05) is 44.1 Å². The second kappa shape index (κ2) is 10.6. The van der Waals surface area contributed by atoms with Crippen molar-refractivity contribution in [3.8, 4) is 0 Å². The van der Waals surface area contributed by atoms with Crippen LogP contribution in [0.1, 0.15) is 25.0 Å². The first kappa shape index (κ1) is 23.0. The van der Waals surface area contributed by atoms with Gasteiger partial charge in [0.05, 0.1) is 12.6 Å². The standard InChI is InChI=1S/C25H34N4O2/c1-5-29(22-11-7-6-8-12-22)25(31)21(4)28-16-14-27(15-17-28)18-24(30)26-23-13-9-10-19(2)20(23)3/h6-13,21H,5,14-18H2,1-4H3,(H,26,30)/t21-/m0/s1. The van der Waals surface area contributed by atoms with Gasteiger partial charge in [0.1, 0.15) is 0 Å². The van der Waals surface area contributed by atoms with Gasteiger partial charge in [-0.2, -0.15) is 0 Å². The number of carbonyl (C=O) groups excluding carboxylic acids is 2. The van der Waals surface area contributed by atoms with Crippen molar-refractivity contribution < 1.29 is 9.59 Å². The third-order valence-electron chi connectivity index (χ3n) is 6.21. The summed E-state index contributed by atoms with van der Waals surface area (Å²) in [7, 11) is 0. The molecular formula is C25H34N4O2. The van der Waals surface area contributed by atoms with Crippen molar-refractivity contribution in [3.63, 3.8) is 0 Å². The number of carbonyl (C=O) groups is 2. The number of benzene rings is 2. The summed E-state index contributed by atoms with van der Waals surface area (Å²) in [6, 6.07) is 15.6. The number of anilines is 2. The average molecular weight is 423 g/mol. The minimum absolute atomic E-state index is 0.00695. The zero-order valence-electron chi connectivity index (χ0n) is 19.1. The Kier molecular flexibility index (Phi) is 7.82. The minimum atomic E-state index is -0.189. The Morgan fingerprint density at radius 3 is 2.32 bits per heavy atom. The number of rotatable bonds is 7. The first-order chi connectivity index (χ1) is 14.9. The molecule has 1 aliphatic rings. The van der Waals surface area contributed by atoms with Crippen molar-refractivity contribution in [1.82, 2.24) is 9.80 Å². The van der Waals surface area contributed by atoms with Crippen LogP contribution in [-0.4, -0.2) is 66.9 Å². The van der Waals surface area contributed by atoms with Crippen LogP contribution in [0.4, 0.5) is 11.4 Å². The molecule has 2 aromatic rings. The summed E-state index contributed by atoms with van der Waals surface area (Å²) < 4.78 is 0. The second-order valence-electron chi connectivity index (χ2n) is 8.20. The van der Waals surface area contributed by atoms with Crippen LogP contribution in [0.15, 0.2) is 48.5 Å². The van der Waals surface area contributed by atoms with Crippen molar-refractivity contribution in [2.24, 2.45) is 0 Å². The molecule has 166 valence electrons. The predicted molar refractivity (Wildman–Crippen MR) is 126 cm³/mol. The van der Waals surface area contributed by atoms with Crippen LogP contribution in [0, 0.1) is 13.8 Å². The summed E-state index contributed by atoms with van der Waals surface area (Å²) >= 11 is 0. The van der Waals surface area contributed by atoms with Crippen molar-refractivity contribution in [1.29, 1.82) is 0 Å². The Labute approximate surface area is 185 Å². The summed E-state index contributed by atoms with van der Waals surface area (Å²) in [5.74, 6) is 0.127. The van der Waals surface area contributed by atoms with Crippen LogP contribution in [0.25, 0.3) is 0 Å². The van der Waals surface area contributed by atoms with Gasteiger partial charge in [0.15, 0.2) is 0 Å². The van der Waals surface area contributed by atoms with Crippen LogP contribution in [-0.2, 0) is 9.59 Å². The van der Waals surface area contributed by atoms with Gasteiger partial charge >= 0.3 is 0 Å². The first-order valence-electron chi connectivity index (χ1n) is 11.1. The number of nitrogens with zero attached hydrogens (tertiary/aromatic N) is 3. The van der Waals surface area contributed by atoms with Crippen LogP contribution in [0.2, 0.25) is 0 Å². The van der Waals surface area contributed by atoms with Gasteiger partial charge < -0.3 is 10.2 Å². The van der Waals surface area contributed by atoms with Gasteiger partial charge in [0.25, 0.3) is 0 Å². The maximum Gasteiger partial charge on any atom is 0.244 e. The summed E-state index contributed by atoms with van der Waals surface area (Å²) in [6.45, 7) is 12.2. The van der Waals surface area contributed by atoms with E-state index in [1.807, 2.05) is 81.1 Å². The number of para-hydroxylation sites is 1. The fraction of sp³-hybridized carbons (Fsp3) is 0.440. The highest BCUT2D eigenvalue weighted by Crippen LogP contribution is 2.19. The fourth-order valence-electron chi connectivity index (χ4n) is 4.04. The van der Waals surface area contributed by atoms with E-state index in [1.165, 1.54) is 5.56 Å².